The number of carboxylic acid groups (broad SMARTS) is 1. The molecule has 0 aliphatic carbocycles. The van der Waals surface area contributed by atoms with E-state index < -0.39 is 17.8 Å². The Morgan fingerprint density at radius 1 is 1.59 bits per heavy atom. The van der Waals surface area contributed by atoms with Gasteiger partial charge in [0, 0.05) is 13.0 Å². The third-order valence-corrected chi connectivity index (χ3v) is 3.34. The normalized spacial score (nSPS) is 19.8. The third-order valence-electron chi connectivity index (χ3n) is 2.54. The summed E-state index contributed by atoms with van der Waals surface area (Å²) in [4.78, 5) is 27.2. The van der Waals surface area contributed by atoms with Crippen molar-refractivity contribution in [3.8, 4) is 0 Å². The SMILES string of the molecule is O=C(O)C1CC(=O)N(c2ccc(I)c(F)n2)C1. The molecule has 0 bridgehead atoms. The second-order valence-corrected chi connectivity index (χ2v) is 4.85. The lowest BCUT2D eigenvalue weighted by molar-refractivity contribution is -0.141. The Morgan fingerprint density at radius 3 is 2.82 bits per heavy atom. The zero-order valence-corrected chi connectivity index (χ0v) is 10.7. The van der Waals surface area contributed by atoms with Crippen LogP contribution in [0.2, 0.25) is 0 Å². The summed E-state index contributed by atoms with van der Waals surface area (Å²) in [6.07, 6.45) is -0.0649. The molecule has 1 amide bonds. The van der Waals surface area contributed by atoms with Gasteiger partial charge in [-0.1, -0.05) is 0 Å². The van der Waals surface area contributed by atoms with Crippen molar-refractivity contribution in [3.63, 3.8) is 0 Å². The minimum Gasteiger partial charge on any atom is -0.481 e. The third kappa shape index (κ3) is 2.38. The molecule has 1 aromatic heterocycles. The standard InChI is InChI=1S/C10H8FIN2O3/c11-9-6(12)1-2-7(13-9)14-4-5(10(16)17)3-8(14)15/h1-2,5H,3-4H2,(H,16,17). The van der Waals surface area contributed by atoms with Gasteiger partial charge in [0.25, 0.3) is 0 Å². The van der Waals surface area contributed by atoms with Crippen LogP contribution in [0.1, 0.15) is 6.42 Å². The van der Waals surface area contributed by atoms with Crippen molar-refractivity contribution in [2.75, 3.05) is 11.4 Å². The molecule has 1 N–H and O–H groups in total. The molecule has 1 aromatic rings. The highest BCUT2D eigenvalue weighted by atomic mass is 127. The number of halogens is 2. The predicted molar refractivity (Wildman–Crippen MR) is 65.0 cm³/mol. The minimum atomic E-state index is -1.02. The average Bonchev–Trinajstić information content (AvgIpc) is 2.65. The van der Waals surface area contributed by atoms with E-state index in [9.17, 15) is 14.0 Å². The van der Waals surface area contributed by atoms with Crippen LogP contribution in [-0.4, -0.2) is 28.5 Å². The Hall–Kier alpha value is -1.25. The van der Waals surface area contributed by atoms with E-state index in [0.29, 0.717) is 3.57 Å². The monoisotopic (exact) mass is 350 g/mol. The first-order valence-electron chi connectivity index (χ1n) is 4.84. The van der Waals surface area contributed by atoms with Crippen molar-refractivity contribution in [3.05, 3.63) is 21.7 Å². The van der Waals surface area contributed by atoms with Gasteiger partial charge in [0.15, 0.2) is 0 Å². The molecule has 2 rings (SSSR count). The molecule has 7 heteroatoms. The number of nitrogens with zero attached hydrogens (tertiary/aromatic N) is 2. The molecule has 0 radical (unpaired) electrons. The number of rotatable bonds is 2. The van der Waals surface area contributed by atoms with E-state index in [0.717, 1.165) is 0 Å². The van der Waals surface area contributed by atoms with E-state index >= 15 is 0 Å². The maximum Gasteiger partial charge on any atom is 0.308 e. The second-order valence-electron chi connectivity index (χ2n) is 3.69. The first-order valence-corrected chi connectivity index (χ1v) is 5.92. The number of hydrogen-bond acceptors (Lipinski definition) is 3. The summed E-state index contributed by atoms with van der Waals surface area (Å²) in [6, 6.07) is 3.01. The Kier molecular flexibility index (Phi) is 3.27. The van der Waals surface area contributed by atoms with Gasteiger partial charge >= 0.3 is 5.97 Å². The fraction of sp³-hybridized carbons (Fsp3) is 0.300. The van der Waals surface area contributed by atoms with E-state index in [4.69, 9.17) is 5.11 Å². The van der Waals surface area contributed by atoms with Crippen molar-refractivity contribution < 1.29 is 19.1 Å². The summed E-state index contributed by atoms with van der Waals surface area (Å²) >= 11 is 1.79. The van der Waals surface area contributed by atoms with Crippen molar-refractivity contribution >= 4 is 40.3 Å². The summed E-state index contributed by atoms with van der Waals surface area (Å²) in [5.41, 5.74) is 0. The topological polar surface area (TPSA) is 70.5 Å². The van der Waals surface area contributed by atoms with Crippen LogP contribution < -0.4 is 4.90 Å². The van der Waals surface area contributed by atoms with Gasteiger partial charge < -0.3 is 5.11 Å². The van der Waals surface area contributed by atoms with E-state index in [1.54, 1.807) is 22.6 Å². The van der Waals surface area contributed by atoms with Crippen molar-refractivity contribution in [2.45, 2.75) is 6.42 Å². The second kappa shape index (κ2) is 4.55. The molecule has 2 heterocycles. The van der Waals surface area contributed by atoms with E-state index in [1.807, 2.05) is 0 Å². The highest BCUT2D eigenvalue weighted by Gasteiger charge is 2.35. The lowest BCUT2D eigenvalue weighted by atomic mass is 10.1. The Morgan fingerprint density at radius 2 is 2.29 bits per heavy atom. The van der Waals surface area contributed by atoms with Gasteiger partial charge in [0.2, 0.25) is 11.9 Å². The van der Waals surface area contributed by atoms with Crippen LogP contribution >= 0.6 is 22.6 Å². The molecule has 0 saturated carbocycles. The van der Waals surface area contributed by atoms with Crippen LogP contribution in [0.5, 0.6) is 0 Å². The van der Waals surface area contributed by atoms with Crippen molar-refractivity contribution in [1.82, 2.24) is 4.98 Å². The Bertz CT molecular complexity index is 494. The largest absolute Gasteiger partial charge is 0.481 e. The fourth-order valence-electron chi connectivity index (χ4n) is 1.65. The van der Waals surface area contributed by atoms with Crippen molar-refractivity contribution in [1.29, 1.82) is 0 Å². The lowest BCUT2D eigenvalue weighted by Gasteiger charge is -2.14. The highest BCUT2D eigenvalue weighted by molar-refractivity contribution is 14.1. The summed E-state index contributed by atoms with van der Waals surface area (Å²) < 4.78 is 13.6. The van der Waals surface area contributed by atoms with Crippen LogP contribution in [-0.2, 0) is 9.59 Å². The Balaban J connectivity index is 2.26. The summed E-state index contributed by atoms with van der Waals surface area (Å²) in [5.74, 6) is -2.60. The number of aromatic nitrogens is 1. The molecule has 1 fully saturated rings. The number of aliphatic carboxylic acids is 1. The number of hydrogen-bond donors (Lipinski definition) is 1. The van der Waals surface area contributed by atoms with E-state index in [2.05, 4.69) is 4.98 Å². The Labute approximate surface area is 110 Å². The number of carbonyl (C=O) groups is 2. The first-order chi connectivity index (χ1) is 7.99. The van der Waals surface area contributed by atoms with Gasteiger partial charge in [0.1, 0.15) is 5.82 Å². The van der Waals surface area contributed by atoms with Gasteiger partial charge in [0.05, 0.1) is 9.49 Å². The molecule has 90 valence electrons. The number of anilines is 1. The van der Waals surface area contributed by atoms with Crippen molar-refractivity contribution in [2.24, 2.45) is 5.92 Å². The minimum absolute atomic E-state index is 0.0429. The molecule has 1 aliphatic heterocycles. The maximum absolute atomic E-state index is 13.2. The molecule has 0 aromatic carbocycles. The van der Waals surface area contributed by atoms with Gasteiger partial charge in [-0.3, -0.25) is 14.5 Å². The number of amides is 1. The van der Waals surface area contributed by atoms with E-state index in [-0.39, 0.29) is 24.7 Å². The van der Waals surface area contributed by atoms with Gasteiger partial charge in [-0.15, -0.1) is 0 Å². The fourth-order valence-corrected chi connectivity index (χ4v) is 1.95. The maximum atomic E-state index is 13.2. The molecule has 1 saturated heterocycles. The predicted octanol–water partition coefficient (Wildman–Crippen LogP) is 1.26. The first kappa shape index (κ1) is 12.2. The van der Waals surface area contributed by atoms with Gasteiger partial charge in [-0.25, -0.2) is 4.98 Å². The highest BCUT2D eigenvalue weighted by Crippen LogP contribution is 2.24. The molecule has 1 atom stereocenters. The van der Waals surface area contributed by atoms with Crippen LogP contribution in [0, 0.1) is 15.4 Å². The van der Waals surface area contributed by atoms with E-state index in [1.165, 1.54) is 17.0 Å². The van der Waals surface area contributed by atoms with Crippen LogP contribution in [0.15, 0.2) is 12.1 Å². The summed E-state index contributed by atoms with van der Waals surface area (Å²) in [5, 5.41) is 8.82. The number of carbonyl (C=O) groups excluding carboxylic acids is 1. The zero-order chi connectivity index (χ0) is 12.6. The molecule has 17 heavy (non-hydrogen) atoms. The van der Waals surface area contributed by atoms with Gasteiger partial charge in [-0.2, -0.15) is 4.39 Å². The molecule has 1 aliphatic rings. The zero-order valence-electron chi connectivity index (χ0n) is 8.56. The van der Waals surface area contributed by atoms with Crippen LogP contribution in [0.25, 0.3) is 0 Å². The molecular formula is C10H8FIN2O3. The van der Waals surface area contributed by atoms with Crippen LogP contribution in [0.4, 0.5) is 10.2 Å². The summed E-state index contributed by atoms with van der Waals surface area (Å²) in [6.45, 7) is 0.0429. The average molecular weight is 350 g/mol. The molecular weight excluding hydrogens is 342 g/mol. The molecule has 5 nitrogen and oxygen atoms in total. The number of pyridine rings is 1. The molecule has 1 unspecified atom stereocenters. The molecule has 0 spiro atoms. The van der Waals surface area contributed by atoms with Crippen LogP contribution in [0.3, 0.4) is 0 Å². The number of carboxylic acids is 1. The lowest BCUT2D eigenvalue weighted by Crippen LogP contribution is -2.27. The quantitative estimate of drug-likeness (QED) is 0.644. The summed E-state index contributed by atoms with van der Waals surface area (Å²) in [7, 11) is 0. The smallest absolute Gasteiger partial charge is 0.308 e. The van der Waals surface area contributed by atoms with Gasteiger partial charge in [-0.05, 0) is 34.7 Å².